The lowest BCUT2D eigenvalue weighted by atomic mass is 10.3. The van der Waals surface area contributed by atoms with Crippen LogP contribution in [0.4, 0.5) is 10.1 Å². The zero-order chi connectivity index (χ0) is 15.2. The van der Waals surface area contributed by atoms with Gasteiger partial charge in [0.25, 0.3) is 0 Å². The summed E-state index contributed by atoms with van der Waals surface area (Å²) in [5.74, 6) is 0.0904. The van der Waals surface area contributed by atoms with Crippen molar-refractivity contribution in [1.29, 1.82) is 0 Å². The molecule has 2 aromatic carbocycles. The highest BCUT2D eigenvalue weighted by Crippen LogP contribution is 2.27. The Morgan fingerprint density at radius 2 is 2.10 bits per heavy atom. The lowest BCUT2D eigenvalue weighted by Crippen LogP contribution is -2.14. The fourth-order valence-electron chi connectivity index (χ4n) is 1.65. The van der Waals surface area contributed by atoms with Crippen molar-refractivity contribution < 1.29 is 13.9 Å². The van der Waals surface area contributed by atoms with E-state index in [9.17, 15) is 9.18 Å². The van der Waals surface area contributed by atoms with Crippen LogP contribution in [0.15, 0.2) is 47.4 Å². The number of carbonyl (C=O) groups is 1. The molecule has 0 aliphatic rings. The molecule has 0 fully saturated rings. The van der Waals surface area contributed by atoms with E-state index in [-0.39, 0.29) is 17.5 Å². The minimum absolute atomic E-state index is 0.116. The fourth-order valence-corrected chi connectivity index (χ4v) is 2.64. The molecule has 0 aliphatic carbocycles. The number of benzene rings is 2. The fraction of sp³-hybridized carbons (Fsp3) is 0.133. The third-order valence-electron chi connectivity index (χ3n) is 2.63. The quantitative estimate of drug-likeness (QED) is 0.836. The number of anilines is 1. The average molecular weight is 326 g/mol. The third-order valence-corrected chi connectivity index (χ3v) is 3.97. The minimum atomic E-state index is -0.331. The molecule has 0 atom stereocenters. The van der Waals surface area contributed by atoms with Gasteiger partial charge in [-0.25, -0.2) is 4.39 Å². The number of rotatable bonds is 5. The number of carbonyl (C=O) groups excluding carboxylic acids is 1. The Bertz CT molecular complexity index is 651. The maximum Gasteiger partial charge on any atom is 0.234 e. The van der Waals surface area contributed by atoms with Crippen molar-refractivity contribution in [1.82, 2.24) is 0 Å². The van der Waals surface area contributed by atoms with E-state index in [0.717, 1.165) is 11.8 Å². The lowest BCUT2D eigenvalue weighted by Gasteiger charge is -2.08. The van der Waals surface area contributed by atoms with Crippen molar-refractivity contribution in [2.75, 3.05) is 18.2 Å². The van der Waals surface area contributed by atoms with E-state index in [2.05, 4.69) is 5.32 Å². The standard InChI is InChI=1S/C15H13ClFNO2S/c1-20-13-7-6-10(8-11(13)16)18-15(19)9-21-14-5-3-2-4-12(14)17/h2-8H,9H2,1H3,(H,18,19). The van der Waals surface area contributed by atoms with Gasteiger partial charge in [-0.2, -0.15) is 0 Å². The molecule has 1 amide bonds. The molecule has 21 heavy (non-hydrogen) atoms. The van der Waals surface area contributed by atoms with Gasteiger partial charge < -0.3 is 10.1 Å². The second kappa shape index (κ2) is 7.33. The first kappa shape index (κ1) is 15.7. The largest absolute Gasteiger partial charge is 0.495 e. The van der Waals surface area contributed by atoms with Gasteiger partial charge >= 0.3 is 0 Å². The van der Waals surface area contributed by atoms with Gasteiger partial charge in [0.05, 0.1) is 17.9 Å². The number of amides is 1. The number of hydrogen-bond acceptors (Lipinski definition) is 3. The number of thioether (sulfide) groups is 1. The molecule has 0 spiro atoms. The van der Waals surface area contributed by atoms with Crippen LogP contribution in [0, 0.1) is 5.82 Å². The third kappa shape index (κ3) is 4.37. The van der Waals surface area contributed by atoms with Gasteiger partial charge in [0.2, 0.25) is 5.91 Å². The highest BCUT2D eigenvalue weighted by molar-refractivity contribution is 8.00. The molecule has 0 aliphatic heterocycles. The highest BCUT2D eigenvalue weighted by Gasteiger charge is 2.08. The molecule has 0 bridgehead atoms. The van der Waals surface area contributed by atoms with Crippen LogP contribution in [0.3, 0.4) is 0 Å². The summed E-state index contributed by atoms with van der Waals surface area (Å²) in [7, 11) is 1.52. The monoisotopic (exact) mass is 325 g/mol. The van der Waals surface area contributed by atoms with Crippen LogP contribution in [-0.2, 0) is 4.79 Å². The Morgan fingerprint density at radius 3 is 2.76 bits per heavy atom. The molecule has 0 heterocycles. The van der Waals surface area contributed by atoms with Gasteiger partial charge in [-0.1, -0.05) is 23.7 Å². The second-order valence-corrected chi connectivity index (χ2v) is 5.54. The summed E-state index contributed by atoms with van der Waals surface area (Å²) in [4.78, 5) is 12.3. The van der Waals surface area contributed by atoms with E-state index in [1.165, 1.54) is 13.2 Å². The van der Waals surface area contributed by atoms with E-state index in [0.29, 0.717) is 21.4 Å². The smallest absolute Gasteiger partial charge is 0.234 e. The Balaban J connectivity index is 1.93. The first-order valence-electron chi connectivity index (χ1n) is 6.11. The van der Waals surface area contributed by atoms with Crippen molar-refractivity contribution in [2.24, 2.45) is 0 Å². The number of hydrogen-bond donors (Lipinski definition) is 1. The van der Waals surface area contributed by atoms with E-state index < -0.39 is 0 Å². The summed E-state index contributed by atoms with van der Waals surface area (Å²) in [5.41, 5.74) is 0.569. The van der Waals surface area contributed by atoms with Crippen LogP contribution in [0.5, 0.6) is 5.75 Å². The van der Waals surface area contributed by atoms with E-state index in [1.807, 2.05) is 0 Å². The van der Waals surface area contributed by atoms with Crippen LogP contribution >= 0.6 is 23.4 Å². The number of nitrogens with one attached hydrogen (secondary N) is 1. The van der Waals surface area contributed by atoms with Crippen molar-refractivity contribution in [3.05, 3.63) is 53.3 Å². The van der Waals surface area contributed by atoms with Crippen LogP contribution in [0.25, 0.3) is 0 Å². The minimum Gasteiger partial charge on any atom is -0.495 e. The van der Waals surface area contributed by atoms with Gasteiger partial charge in [-0.15, -0.1) is 11.8 Å². The van der Waals surface area contributed by atoms with Gasteiger partial charge in [0.1, 0.15) is 11.6 Å². The van der Waals surface area contributed by atoms with E-state index in [4.69, 9.17) is 16.3 Å². The number of ether oxygens (including phenoxy) is 1. The van der Waals surface area contributed by atoms with Gasteiger partial charge in [-0.05, 0) is 30.3 Å². The molecule has 0 saturated carbocycles. The number of methoxy groups -OCH3 is 1. The van der Waals surface area contributed by atoms with Crippen LogP contribution in [-0.4, -0.2) is 18.8 Å². The lowest BCUT2D eigenvalue weighted by molar-refractivity contribution is -0.113. The molecule has 110 valence electrons. The summed E-state index contributed by atoms with van der Waals surface area (Å²) in [6.45, 7) is 0. The molecular formula is C15H13ClFNO2S. The normalized spacial score (nSPS) is 10.2. The summed E-state index contributed by atoms with van der Waals surface area (Å²) < 4.78 is 18.5. The molecule has 2 rings (SSSR count). The molecule has 0 unspecified atom stereocenters. The van der Waals surface area contributed by atoms with Gasteiger partial charge in [0, 0.05) is 10.6 Å². The predicted molar refractivity (Wildman–Crippen MR) is 83.8 cm³/mol. The van der Waals surface area contributed by atoms with E-state index >= 15 is 0 Å². The van der Waals surface area contributed by atoms with Crippen LogP contribution < -0.4 is 10.1 Å². The topological polar surface area (TPSA) is 38.3 Å². The summed E-state index contributed by atoms with van der Waals surface area (Å²) in [5, 5.41) is 3.12. The zero-order valence-corrected chi connectivity index (χ0v) is 12.8. The van der Waals surface area contributed by atoms with Crippen LogP contribution in [0.1, 0.15) is 0 Å². The summed E-state index contributed by atoms with van der Waals surface area (Å²) in [6, 6.07) is 11.3. The molecular weight excluding hydrogens is 313 g/mol. The number of halogens is 2. The summed E-state index contributed by atoms with van der Waals surface area (Å²) in [6.07, 6.45) is 0. The van der Waals surface area contributed by atoms with Crippen LogP contribution in [0.2, 0.25) is 5.02 Å². The Kier molecular flexibility index (Phi) is 5.47. The highest BCUT2D eigenvalue weighted by atomic mass is 35.5. The molecule has 1 N–H and O–H groups in total. The first-order valence-corrected chi connectivity index (χ1v) is 7.47. The Hall–Kier alpha value is -1.72. The molecule has 0 saturated heterocycles. The van der Waals surface area contributed by atoms with Crippen molar-refractivity contribution in [3.8, 4) is 5.75 Å². The zero-order valence-electron chi connectivity index (χ0n) is 11.2. The SMILES string of the molecule is COc1ccc(NC(=O)CSc2ccccc2F)cc1Cl. The maximum atomic E-state index is 13.4. The predicted octanol–water partition coefficient (Wildman–Crippen LogP) is 4.22. The average Bonchev–Trinajstić information content (AvgIpc) is 2.46. The maximum absolute atomic E-state index is 13.4. The van der Waals surface area contributed by atoms with Gasteiger partial charge in [0.15, 0.2) is 0 Å². The Morgan fingerprint density at radius 1 is 1.33 bits per heavy atom. The summed E-state index contributed by atoms with van der Waals surface area (Å²) >= 11 is 7.12. The molecule has 0 radical (unpaired) electrons. The molecule has 3 nitrogen and oxygen atoms in total. The van der Waals surface area contributed by atoms with Crippen molar-refractivity contribution in [2.45, 2.75) is 4.90 Å². The Labute approximate surface area is 131 Å². The van der Waals surface area contributed by atoms with Gasteiger partial charge in [-0.3, -0.25) is 4.79 Å². The first-order chi connectivity index (χ1) is 10.1. The van der Waals surface area contributed by atoms with Crippen molar-refractivity contribution >= 4 is 35.0 Å². The molecule has 0 aromatic heterocycles. The van der Waals surface area contributed by atoms with Crippen molar-refractivity contribution in [3.63, 3.8) is 0 Å². The molecule has 2 aromatic rings. The second-order valence-electron chi connectivity index (χ2n) is 4.12. The molecule has 6 heteroatoms. The van der Waals surface area contributed by atoms with E-state index in [1.54, 1.807) is 36.4 Å².